The third-order valence-corrected chi connectivity index (χ3v) is 7.01. The van der Waals surface area contributed by atoms with Gasteiger partial charge in [-0.1, -0.05) is 23.5 Å². The van der Waals surface area contributed by atoms with Crippen molar-refractivity contribution in [3.8, 4) is 11.8 Å². The van der Waals surface area contributed by atoms with E-state index in [1.807, 2.05) is 20.8 Å². The van der Waals surface area contributed by atoms with Gasteiger partial charge >= 0.3 is 5.97 Å². The van der Waals surface area contributed by atoms with Gasteiger partial charge in [0.25, 0.3) is 0 Å². The van der Waals surface area contributed by atoms with E-state index in [1.54, 1.807) is 11.0 Å². The molecule has 168 valence electrons. The molecule has 2 aliphatic carbocycles. The first kappa shape index (κ1) is 23.6. The zero-order chi connectivity index (χ0) is 22.8. The van der Waals surface area contributed by atoms with E-state index >= 15 is 0 Å². The molecular formula is C25H33NO4S. The zero-order valence-electron chi connectivity index (χ0n) is 18.9. The molecule has 1 amide bonds. The number of aliphatic hydroxyl groups is 1. The van der Waals surface area contributed by atoms with Crippen molar-refractivity contribution in [3.63, 3.8) is 0 Å². The third-order valence-electron chi connectivity index (χ3n) is 5.98. The lowest BCUT2D eigenvalue weighted by molar-refractivity contribution is -0.123. The monoisotopic (exact) mass is 443 g/mol. The number of hydrogen-bond acceptors (Lipinski definition) is 4. The van der Waals surface area contributed by atoms with E-state index < -0.39 is 5.97 Å². The number of anilines is 1. The van der Waals surface area contributed by atoms with Crippen LogP contribution in [-0.2, 0) is 4.79 Å². The zero-order valence-corrected chi connectivity index (χ0v) is 19.7. The molecule has 1 aromatic rings. The molecule has 0 aliphatic heterocycles. The van der Waals surface area contributed by atoms with E-state index in [0.717, 1.165) is 24.2 Å². The Hall–Kier alpha value is -2.10. The second-order valence-corrected chi connectivity index (χ2v) is 10.9. The number of carbonyl (C=O) groups excluding carboxylic acids is 1. The maximum absolute atomic E-state index is 13.7. The van der Waals surface area contributed by atoms with E-state index in [9.17, 15) is 19.8 Å². The van der Waals surface area contributed by atoms with Crippen LogP contribution in [0.1, 0.15) is 87.2 Å². The maximum Gasteiger partial charge on any atom is 0.348 e. The SMILES string of the molecule is CC1=CC[C@H](C(=O)N(c2cc(C#CC(C)(C)C)sc2C(=O)O)[C@H]2CC[C@H](O)CC2)CC1. The maximum atomic E-state index is 13.7. The van der Waals surface area contributed by atoms with Gasteiger partial charge in [-0.2, -0.15) is 0 Å². The van der Waals surface area contributed by atoms with Crippen molar-refractivity contribution in [2.75, 3.05) is 4.90 Å². The van der Waals surface area contributed by atoms with Crippen molar-refractivity contribution in [1.29, 1.82) is 0 Å². The summed E-state index contributed by atoms with van der Waals surface area (Å²) < 4.78 is 0. The average molecular weight is 444 g/mol. The molecule has 0 radical (unpaired) electrons. The molecule has 0 spiro atoms. The number of rotatable bonds is 4. The molecule has 5 nitrogen and oxygen atoms in total. The van der Waals surface area contributed by atoms with Gasteiger partial charge in [-0.25, -0.2) is 4.79 Å². The molecule has 31 heavy (non-hydrogen) atoms. The van der Waals surface area contributed by atoms with Gasteiger partial charge in [-0.15, -0.1) is 11.3 Å². The van der Waals surface area contributed by atoms with Crippen molar-refractivity contribution >= 4 is 28.9 Å². The van der Waals surface area contributed by atoms with Crippen LogP contribution in [-0.4, -0.2) is 34.2 Å². The standard InChI is InChI=1S/C25H33NO4S/c1-16-5-7-17(8-6-16)23(28)26(18-9-11-19(27)12-10-18)21-15-20(13-14-25(2,3)4)31-22(21)24(29)30/h5,15,17-19,27H,6-12H2,1-4H3,(H,29,30)/t17-,18-,19-/m0/s1. The number of allylic oxidation sites excluding steroid dienone is 2. The molecule has 1 heterocycles. The highest BCUT2D eigenvalue weighted by atomic mass is 32.1. The van der Waals surface area contributed by atoms with Crippen LogP contribution < -0.4 is 4.90 Å². The van der Waals surface area contributed by atoms with Crippen LogP contribution >= 0.6 is 11.3 Å². The van der Waals surface area contributed by atoms with Crippen molar-refractivity contribution < 1.29 is 19.8 Å². The molecule has 0 unspecified atom stereocenters. The second kappa shape index (κ2) is 9.58. The van der Waals surface area contributed by atoms with Gasteiger partial charge in [0, 0.05) is 17.4 Å². The summed E-state index contributed by atoms with van der Waals surface area (Å²) in [5, 5.41) is 19.9. The Bertz CT molecular complexity index is 920. The van der Waals surface area contributed by atoms with Crippen LogP contribution in [0.25, 0.3) is 0 Å². The number of hydrogen-bond donors (Lipinski definition) is 2. The highest BCUT2D eigenvalue weighted by Crippen LogP contribution is 2.38. The average Bonchev–Trinajstić information content (AvgIpc) is 3.12. The molecule has 2 N–H and O–H groups in total. The molecule has 6 heteroatoms. The Kier molecular flexibility index (Phi) is 7.28. The minimum Gasteiger partial charge on any atom is -0.477 e. The highest BCUT2D eigenvalue weighted by molar-refractivity contribution is 7.15. The van der Waals surface area contributed by atoms with Crippen LogP contribution in [0.2, 0.25) is 0 Å². The van der Waals surface area contributed by atoms with Crippen LogP contribution in [0.3, 0.4) is 0 Å². The molecule has 0 saturated heterocycles. The van der Waals surface area contributed by atoms with E-state index in [1.165, 1.54) is 5.57 Å². The summed E-state index contributed by atoms with van der Waals surface area (Å²) >= 11 is 1.14. The lowest BCUT2D eigenvalue weighted by Gasteiger charge is -2.38. The second-order valence-electron chi connectivity index (χ2n) is 9.82. The molecular weight excluding hydrogens is 410 g/mol. The summed E-state index contributed by atoms with van der Waals surface area (Å²) in [5.74, 6) is 5.10. The van der Waals surface area contributed by atoms with Gasteiger partial charge in [0.1, 0.15) is 4.88 Å². The van der Waals surface area contributed by atoms with Crippen molar-refractivity contribution in [3.05, 3.63) is 27.5 Å². The summed E-state index contributed by atoms with van der Waals surface area (Å²) in [6.07, 6.45) is 6.76. The molecule has 1 aromatic heterocycles. The first-order valence-electron chi connectivity index (χ1n) is 11.1. The van der Waals surface area contributed by atoms with Gasteiger partial charge in [0.15, 0.2) is 0 Å². The van der Waals surface area contributed by atoms with Gasteiger partial charge in [0.05, 0.1) is 16.7 Å². The molecule has 0 bridgehead atoms. The number of thiophene rings is 1. The number of carboxylic acid groups (broad SMARTS) is 1. The molecule has 2 aliphatic rings. The van der Waals surface area contributed by atoms with Crippen molar-refractivity contribution in [1.82, 2.24) is 0 Å². The molecule has 1 atom stereocenters. The smallest absolute Gasteiger partial charge is 0.348 e. The predicted octanol–water partition coefficient (Wildman–Crippen LogP) is 5.23. The predicted molar refractivity (Wildman–Crippen MR) is 124 cm³/mol. The van der Waals surface area contributed by atoms with Crippen LogP contribution in [0.15, 0.2) is 17.7 Å². The Balaban J connectivity index is 2.01. The third kappa shape index (κ3) is 5.99. The Labute approximate surface area is 189 Å². The lowest BCUT2D eigenvalue weighted by atomic mass is 9.86. The van der Waals surface area contributed by atoms with Crippen molar-refractivity contribution in [2.45, 2.75) is 84.8 Å². The number of nitrogens with zero attached hydrogens (tertiary/aromatic N) is 1. The van der Waals surface area contributed by atoms with E-state index in [4.69, 9.17) is 0 Å². The van der Waals surface area contributed by atoms with E-state index in [2.05, 4.69) is 24.8 Å². The highest BCUT2D eigenvalue weighted by Gasteiger charge is 2.36. The van der Waals surface area contributed by atoms with Gasteiger partial charge in [0.2, 0.25) is 5.91 Å². The fourth-order valence-corrected chi connectivity index (χ4v) is 5.06. The first-order valence-corrected chi connectivity index (χ1v) is 11.9. The summed E-state index contributed by atoms with van der Waals surface area (Å²) in [7, 11) is 0. The minimum absolute atomic E-state index is 0.000713. The fraction of sp³-hybridized carbons (Fsp3) is 0.600. The Morgan fingerprint density at radius 3 is 2.39 bits per heavy atom. The number of aromatic carboxylic acids is 1. The summed E-state index contributed by atoms with van der Waals surface area (Å²) in [4.78, 5) is 28.4. The quantitative estimate of drug-likeness (QED) is 0.494. The summed E-state index contributed by atoms with van der Waals surface area (Å²) in [6, 6.07) is 1.68. The number of amides is 1. The molecule has 1 saturated carbocycles. The summed E-state index contributed by atoms with van der Waals surface area (Å²) in [6.45, 7) is 8.11. The van der Waals surface area contributed by atoms with Gasteiger partial charge < -0.3 is 15.1 Å². The van der Waals surface area contributed by atoms with Crippen LogP contribution in [0.5, 0.6) is 0 Å². The largest absolute Gasteiger partial charge is 0.477 e. The number of carbonyl (C=O) groups is 2. The topological polar surface area (TPSA) is 77.8 Å². The normalized spacial score (nSPS) is 24.0. The molecule has 1 fully saturated rings. The lowest BCUT2D eigenvalue weighted by Crippen LogP contribution is -2.46. The van der Waals surface area contributed by atoms with Crippen molar-refractivity contribution in [2.24, 2.45) is 11.3 Å². The summed E-state index contributed by atoms with van der Waals surface area (Å²) in [5.41, 5.74) is 1.57. The first-order chi connectivity index (χ1) is 14.5. The molecule has 3 rings (SSSR count). The van der Waals surface area contributed by atoms with Crippen LogP contribution in [0.4, 0.5) is 5.69 Å². The number of aliphatic hydroxyl groups excluding tert-OH is 1. The Morgan fingerprint density at radius 1 is 1.16 bits per heavy atom. The fourth-order valence-electron chi connectivity index (χ4n) is 4.22. The minimum atomic E-state index is -1.03. The van der Waals surface area contributed by atoms with Crippen LogP contribution in [0, 0.1) is 23.2 Å². The van der Waals surface area contributed by atoms with Gasteiger partial charge in [-0.05, 0) is 78.7 Å². The van der Waals surface area contributed by atoms with E-state index in [-0.39, 0.29) is 34.3 Å². The van der Waals surface area contributed by atoms with E-state index in [0.29, 0.717) is 42.7 Å². The number of carboxylic acids is 1. The molecule has 0 aromatic carbocycles. The van der Waals surface area contributed by atoms with Gasteiger partial charge in [-0.3, -0.25) is 4.79 Å². The Morgan fingerprint density at radius 2 is 1.84 bits per heavy atom.